The summed E-state index contributed by atoms with van der Waals surface area (Å²) >= 11 is 3.48. The van der Waals surface area contributed by atoms with Crippen molar-refractivity contribution >= 4 is 22.0 Å². The Kier molecular flexibility index (Phi) is 4.13. The van der Waals surface area contributed by atoms with Crippen molar-refractivity contribution in [1.29, 1.82) is 0 Å². The van der Waals surface area contributed by atoms with Gasteiger partial charge in [0.25, 0.3) is 0 Å². The fraction of sp³-hybridized carbons (Fsp3) is 0.167. The molecule has 0 N–H and O–H groups in total. The summed E-state index contributed by atoms with van der Waals surface area (Å²) in [6.45, 7) is 4.66. The summed E-state index contributed by atoms with van der Waals surface area (Å²) < 4.78 is 1.12. The second-order valence-electron chi connectivity index (χ2n) is 7.21. The highest BCUT2D eigenvalue weighted by Gasteiger charge is 2.34. The van der Waals surface area contributed by atoms with Gasteiger partial charge in [0.1, 0.15) is 0 Å². The zero-order valence-electron chi connectivity index (χ0n) is 14.6. The molecule has 0 bridgehead atoms. The lowest BCUT2D eigenvalue weighted by Gasteiger charge is -2.21. The van der Waals surface area contributed by atoms with Gasteiger partial charge in [-0.05, 0) is 51.9 Å². The van der Waals surface area contributed by atoms with Crippen LogP contribution < -0.4 is 0 Å². The maximum Gasteiger partial charge on any atom is 0.0175 e. The van der Waals surface area contributed by atoms with Crippen molar-refractivity contribution in [3.05, 3.63) is 99.5 Å². The summed E-state index contributed by atoms with van der Waals surface area (Å²) in [7, 11) is 0. The van der Waals surface area contributed by atoms with Crippen molar-refractivity contribution < 1.29 is 0 Å². The SMILES string of the molecule is CC1(C)c2ccccc2-c2ccc(C/C=C/c3ccc(Br)cc3)cc21. The van der Waals surface area contributed by atoms with E-state index in [0.29, 0.717) is 0 Å². The number of hydrogen-bond donors (Lipinski definition) is 0. The molecule has 3 aromatic carbocycles. The Labute approximate surface area is 158 Å². The number of allylic oxidation sites excluding steroid dienone is 1. The summed E-state index contributed by atoms with van der Waals surface area (Å²) in [5.74, 6) is 0. The van der Waals surface area contributed by atoms with E-state index in [1.807, 2.05) is 0 Å². The van der Waals surface area contributed by atoms with Gasteiger partial charge in [0.05, 0.1) is 0 Å². The van der Waals surface area contributed by atoms with Crippen LogP contribution in [0.4, 0.5) is 0 Å². The van der Waals surface area contributed by atoms with Gasteiger partial charge in [-0.1, -0.05) is 96.5 Å². The molecule has 25 heavy (non-hydrogen) atoms. The van der Waals surface area contributed by atoms with Crippen molar-refractivity contribution in [2.24, 2.45) is 0 Å². The van der Waals surface area contributed by atoms with E-state index in [9.17, 15) is 0 Å². The molecular weight excluding hydrogens is 368 g/mol. The van der Waals surface area contributed by atoms with E-state index in [0.717, 1.165) is 10.9 Å². The Balaban J connectivity index is 1.60. The number of halogens is 1. The number of rotatable bonds is 3. The monoisotopic (exact) mass is 388 g/mol. The molecule has 0 fully saturated rings. The number of fused-ring (bicyclic) bond motifs is 3. The molecule has 0 unspecified atom stereocenters. The maximum absolute atomic E-state index is 3.48. The molecule has 0 amide bonds. The van der Waals surface area contributed by atoms with Crippen molar-refractivity contribution in [2.45, 2.75) is 25.7 Å². The Morgan fingerprint density at radius 2 is 1.56 bits per heavy atom. The van der Waals surface area contributed by atoms with Crippen LogP contribution in [0.15, 0.2) is 77.3 Å². The second kappa shape index (κ2) is 6.31. The van der Waals surface area contributed by atoms with E-state index < -0.39 is 0 Å². The lowest BCUT2D eigenvalue weighted by atomic mass is 9.82. The molecule has 1 aliphatic carbocycles. The highest BCUT2D eigenvalue weighted by Crippen LogP contribution is 2.48. The zero-order chi connectivity index (χ0) is 17.4. The maximum atomic E-state index is 3.48. The molecule has 0 atom stereocenters. The summed E-state index contributed by atoms with van der Waals surface area (Å²) in [5.41, 5.74) is 8.35. The van der Waals surface area contributed by atoms with Gasteiger partial charge in [-0.3, -0.25) is 0 Å². The lowest BCUT2D eigenvalue weighted by Crippen LogP contribution is -2.15. The topological polar surface area (TPSA) is 0 Å². The molecule has 0 aromatic heterocycles. The molecular formula is C24H21Br. The molecule has 0 nitrogen and oxygen atoms in total. The van der Waals surface area contributed by atoms with Gasteiger partial charge in [-0.2, -0.15) is 0 Å². The van der Waals surface area contributed by atoms with E-state index in [1.165, 1.54) is 33.4 Å². The first-order chi connectivity index (χ1) is 12.1. The molecule has 1 heteroatoms. The highest BCUT2D eigenvalue weighted by molar-refractivity contribution is 9.10. The van der Waals surface area contributed by atoms with Gasteiger partial charge in [0, 0.05) is 9.89 Å². The van der Waals surface area contributed by atoms with E-state index in [4.69, 9.17) is 0 Å². The molecule has 4 rings (SSSR count). The van der Waals surface area contributed by atoms with Crippen LogP contribution in [0.25, 0.3) is 17.2 Å². The summed E-state index contributed by atoms with van der Waals surface area (Å²) in [6, 6.07) is 24.2. The van der Waals surface area contributed by atoms with E-state index >= 15 is 0 Å². The van der Waals surface area contributed by atoms with E-state index in [-0.39, 0.29) is 5.41 Å². The van der Waals surface area contributed by atoms with Gasteiger partial charge in [-0.25, -0.2) is 0 Å². The van der Waals surface area contributed by atoms with Crippen LogP contribution in [-0.4, -0.2) is 0 Å². The first kappa shape index (κ1) is 16.4. The quantitative estimate of drug-likeness (QED) is 0.452. The zero-order valence-corrected chi connectivity index (χ0v) is 16.2. The summed E-state index contributed by atoms with van der Waals surface area (Å²) in [6.07, 6.45) is 5.40. The minimum Gasteiger partial charge on any atom is -0.0795 e. The fourth-order valence-corrected chi connectivity index (χ4v) is 4.05. The minimum absolute atomic E-state index is 0.0807. The lowest BCUT2D eigenvalue weighted by molar-refractivity contribution is 0.659. The fourth-order valence-electron chi connectivity index (χ4n) is 3.78. The Morgan fingerprint density at radius 1 is 0.840 bits per heavy atom. The summed E-state index contributed by atoms with van der Waals surface area (Å²) in [5, 5.41) is 0. The number of benzene rings is 3. The van der Waals surface area contributed by atoms with Crippen LogP contribution in [-0.2, 0) is 11.8 Å². The Bertz CT molecular complexity index is 946. The van der Waals surface area contributed by atoms with Gasteiger partial charge < -0.3 is 0 Å². The van der Waals surface area contributed by atoms with Crippen LogP contribution in [0, 0.1) is 0 Å². The minimum atomic E-state index is 0.0807. The average molecular weight is 389 g/mol. The van der Waals surface area contributed by atoms with Crippen LogP contribution in [0.2, 0.25) is 0 Å². The van der Waals surface area contributed by atoms with Crippen molar-refractivity contribution in [1.82, 2.24) is 0 Å². The first-order valence-electron chi connectivity index (χ1n) is 8.71. The standard InChI is InChI=1S/C24H21Br/c1-24(2)22-9-4-3-8-20(22)21-15-12-18(16-23(21)24)7-5-6-17-10-13-19(25)14-11-17/h3-6,8-16H,7H2,1-2H3/b6-5+. The van der Waals surface area contributed by atoms with E-state index in [1.54, 1.807) is 0 Å². The van der Waals surface area contributed by atoms with Crippen molar-refractivity contribution in [3.8, 4) is 11.1 Å². The van der Waals surface area contributed by atoms with Gasteiger partial charge >= 0.3 is 0 Å². The Hall–Kier alpha value is -2.12. The third kappa shape index (κ3) is 2.98. The second-order valence-corrected chi connectivity index (χ2v) is 8.12. The molecule has 0 saturated heterocycles. The molecule has 0 aliphatic heterocycles. The molecule has 0 saturated carbocycles. The first-order valence-corrected chi connectivity index (χ1v) is 9.50. The summed E-state index contributed by atoms with van der Waals surface area (Å²) in [4.78, 5) is 0. The molecule has 0 heterocycles. The van der Waals surface area contributed by atoms with Crippen molar-refractivity contribution in [2.75, 3.05) is 0 Å². The van der Waals surface area contributed by atoms with Crippen LogP contribution in [0.1, 0.15) is 36.1 Å². The molecule has 0 radical (unpaired) electrons. The normalized spacial score (nSPS) is 14.5. The van der Waals surface area contributed by atoms with E-state index in [2.05, 4.69) is 109 Å². The Morgan fingerprint density at radius 3 is 2.36 bits per heavy atom. The van der Waals surface area contributed by atoms with Gasteiger partial charge in [-0.15, -0.1) is 0 Å². The molecule has 124 valence electrons. The molecule has 0 spiro atoms. The average Bonchev–Trinajstić information content (AvgIpc) is 2.85. The largest absolute Gasteiger partial charge is 0.0795 e. The predicted molar refractivity (Wildman–Crippen MR) is 111 cm³/mol. The smallest absolute Gasteiger partial charge is 0.0175 e. The van der Waals surface area contributed by atoms with Crippen LogP contribution in [0.5, 0.6) is 0 Å². The third-order valence-corrected chi connectivity index (χ3v) is 5.71. The van der Waals surface area contributed by atoms with Gasteiger partial charge in [0.2, 0.25) is 0 Å². The van der Waals surface area contributed by atoms with Crippen molar-refractivity contribution in [3.63, 3.8) is 0 Å². The number of hydrogen-bond acceptors (Lipinski definition) is 0. The van der Waals surface area contributed by atoms with Crippen LogP contribution in [0.3, 0.4) is 0 Å². The predicted octanol–water partition coefficient (Wildman–Crippen LogP) is 7.01. The third-order valence-electron chi connectivity index (χ3n) is 5.18. The van der Waals surface area contributed by atoms with Gasteiger partial charge in [0.15, 0.2) is 0 Å². The molecule has 3 aromatic rings. The highest BCUT2D eigenvalue weighted by atomic mass is 79.9. The van der Waals surface area contributed by atoms with Crippen LogP contribution >= 0.6 is 15.9 Å². The molecule has 1 aliphatic rings.